The van der Waals surface area contributed by atoms with Crippen LogP contribution in [0.25, 0.3) is 0 Å². The first kappa shape index (κ1) is 14.8. The molecule has 0 aliphatic heterocycles. The van der Waals surface area contributed by atoms with E-state index in [9.17, 15) is 4.79 Å². The fourth-order valence-corrected chi connectivity index (χ4v) is 1.47. The first-order valence-corrected chi connectivity index (χ1v) is 5.50. The molecular formula is C12H22N2O2. The maximum Gasteiger partial charge on any atom is 0.408 e. The van der Waals surface area contributed by atoms with Crippen LogP contribution in [-0.2, 0) is 4.74 Å². The Bertz CT molecular complexity index is 286. The molecule has 0 saturated carbocycles. The van der Waals surface area contributed by atoms with Gasteiger partial charge in [-0.3, -0.25) is 0 Å². The van der Waals surface area contributed by atoms with Crippen molar-refractivity contribution in [3.05, 3.63) is 0 Å². The Morgan fingerprint density at radius 1 is 1.38 bits per heavy atom. The standard InChI is InChI=1S/C12H22N2O2/c1-9(2)7-12(6,8-13)14-10(15)16-11(3,4)5/h9H,7H2,1-6H3,(H,14,15)/t12-/m0/s1. The van der Waals surface area contributed by atoms with Crippen LogP contribution in [0.1, 0.15) is 48.0 Å². The van der Waals surface area contributed by atoms with Crippen LogP contribution in [0.5, 0.6) is 0 Å². The average Bonchev–Trinajstić information content (AvgIpc) is 1.98. The molecule has 0 radical (unpaired) electrons. The molecule has 1 N–H and O–H groups in total. The van der Waals surface area contributed by atoms with E-state index in [-0.39, 0.29) is 0 Å². The van der Waals surface area contributed by atoms with E-state index < -0.39 is 17.2 Å². The summed E-state index contributed by atoms with van der Waals surface area (Å²) in [5.41, 5.74) is -1.41. The van der Waals surface area contributed by atoms with E-state index in [0.717, 1.165) is 0 Å². The third kappa shape index (κ3) is 6.28. The Morgan fingerprint density at radius 2 is 1.88 bits per heavy atom. The molecule has 1 atom stereocenters. The number of hydrogen-bond acceptors (Lipinski definition) is 3. The number of carbonyl (C=O) groups excluding carboxylic acids is 1. The van der Waals surface area contributed by atoms with Crippen LogP contribution in [0.2, 0.25) is 0 Å². The summed E-state index contributed by atoms with van der Waals surface area (Å²) in [4.78, 5) is 11.5. The number of ether oxygens (including phenoxy) is 1. The fourth-order valence-electron chi connectivity index (χ4n) is 1.47. The summed E-state index contributed by atoms with van der Waals surface area (Å²) in [7, 11) is 0. The van der Waals surface area contributed by atoms with Gasteiger partial charge in [0.2, 0.25) is 0 Å². The number of amides is 1. The molecule has 0 aromatic rings. The number of hydrogen-bond donors (Lipinski definition) is 1. The van der Waals surface area contributed by atoms with Crippen molar-refractivity contribution in [1.82, 2.24) is 5.32 Å². The van der Waals surface area contributed by atoms with Gasteiger partial charge in [-0.2, -0.15) is 5.26 Å². The molecule has 0 unspecified atom stereocenters. The number of nitriles is 1. The van der Waals surface area contributed by atoms with Crippen molar-refractivity contribution in [3.8, 4) is 6.07 Å². The lowest BCUT2D eigenvalue weighted by molar-refractivity contribution is 0.0479. The maximum atomic E-state index is 11.5. The molecule has 16 heavy (non-hydrogen) atoms. The van der Waals surface area contributed by atoms with Gasteiger partial charge in [-0.25, -0.2) is 4.79 Å². The van der Waals surface area contributed by atoms with Gasteiger partial charge in [0.25, 0.3) is 0 Å². The molecule has 0 spiro atoms. The third-order valence-corrected chi connectivity index (χ3v) is 1.84. The predicted octanol–water partition coefficient (Wildman–Crippen LogP) is 2.84. The molecule has 1 amide bonds. The third-order valence-electron chi connectivity index (χ3n) is 1.84. The van der Waals surface area contributed by atoms with E-state index in [0.29, 0.717) is 12.3 Å². The van der Waals surface area contributed by atoms with Gasteiger partial charge in [-0.1, -0.05) is 13.8 Å². The van der Waals surface area contributed by atoms with Gasteiger partial charge in [0.05, 0.1) is 6.07 Å². The van der Waals surface area contributed by atoms with Gasteiger partial charge < -0.3 is 10.1 Å². The van der Waals surface area contributed by atoms with Crippen LogP contribution in [0, 0.1) is 17.2 Å². The second-order valence-corrected chi connectivity index (χ2v) is 5.67. The molecule has 0 aromatic carbocycles. The Labute approximate surface area is 98.0 Å². The fraction of sp³-hybridized carbons (Fsp3) is 0.833. The van der Waals surface area contributed by atoms with E-state index in [1.807, 2.05) is 13.8 Å². The first-order valence-electron chi connectivity index (χ1n) is 5.50. The van der Waals surface area contributed by atoms with Crippen molar-refractivity contribution in [2.75, 3.05) is 0 Å². The Balaban J connectivity index is 4.45. The van der Waals surface area contributed by atoms with E-state index in [1.54, 1.807) is 27.7 Å². The van der Waals surface area contributed by atoms with Crippen LogP contribution >= 0.6 is 0 Å². The number of alkyl carbamates (subject to hydrolysis) is 1. The summed E-state index contributed by atoms with van der Waals surface area (Å²) in [5.74, 6) is 0.333. The quantitative estimate of drug-likeness (QED) is 0.804. The maximum absolute atomic E-state index is 11.5. The second kappa shape index (κ2) is 5.20. The van der Waals surface area contributed by atoms with Gasteiger partial charge in [0.1, 0.15) is 11.1 Å². The normalized spacial score (nSPS) is 15.1. The molecule has 0 aliphatic carbocycles. The zero-order chi connectivity index (χ0) is 13.0. The second-order valence-electron chi connectivity index (χ2n) is 5.67. The monoisotopic (exact) mass is 226 g/mol. The molecule has 0 bridgehead atoms. The van der Waals surface area contributed by atoms with Crippen LogP contribution in [-0.4, -0.2) is 17.2 Å². The van der Waals surface area contributed by atoms with Gasteiger partial charge in [-0.15, -0.1) is 0 Å². The van der Waals surface area contributed by atoms with Crippen molar-refractivity contribution in [2.24, 2.45) is 5.92 Å². The van der Waals surface area contributed by atoms with E-state index in [2.05, 4.69) is 11.4 Å². The van der Waals surface area contributed by atoms with E-state index in [1.165, 1.54) is 0 Å². The molecule has 92 valence electrons. The molecule has 0 fully saturated rings. The lowest BCUT2D eigenvalue weighted by Crippen LogP contribution is -2.47. The molecule has 0 rings (SSSR count). The summed E-state index contributed by atoms with van der Waals surface area (Å²) >= 11 is 0. The lowest BCUT2D eigenvalue weighted by Gasteiger charge is -2.27. The minimum atomic E-state index is -0.865. The average molecular weight is 226 g/mol. The minimum Gasteiger partial charge on any atom is -0.444 e. The Hall–Kier alpha value is -1.24. The number of carbonyl (C=O) groups is 1. The zero-order valence-corrected chi connectivity index (χ0v) is 11.0. The topological polar surface area (TPSA) is 62.1 Å². The van der Waals surface area contributed by atoms with Crippen LogP contribution in [0.15, 0.2) is 0 Å². The highest BCUT2D eigenvalue weighted by Crippen LogP contribution is 2.16. The molecular weight excluding hydrogens is 204 g/mol. The van der Waals surface area contributed by atoms with Gasteiger partial charge in [0, 0.05) is 0 Å². The molecule has 4 nitrogen and oxygen atoms in total. The molecule has 0 aliphatic rings. The van der Waals surface area contributed by atoms with Crippen molar-refractivity contribution in [1.29, 1.82) is 5.26 Å². The van der Waals surface area contributed by atoms with Crippen LogP contribution in [0.4, 0.5) is 4.79 Å². The van der Waals surface area contributed by atoms with Gasteiger partial charge in [0.15, 0.2) is 0 Å². The Kier molecular flexibility index (Phi) is 4.80. The zero-order valence-electron chi connectivity index (χ0n) is 11.0. The lowest BCUT2D eigenvalue weighted by atomic mass is 9.92. The largest absolute Gasteiger partial charge is 0.444 e. The predicted molar refractivity (Wildman–Crippen MR) is 62.8 cm³/mol. The number of rotatable bonds is 3. The van der Waals surface area contributed by atoms with Gasteiger partial charge >= 0.3 is 6.09 Å². The highest BCUT2D eigenvalue weighted by Gasteiger charge is 2.29. The highest BCUT2D eigenvalue weighted by molar-refractivity contribution is 5.69. The molecule has 0 saturated heterocycles. The highest BCUT2D eigenvalue weighted by atomic mass is 16.6. The molecule has 0 aromatic heterocycles. The van der Waals surface area contributed by atoms with Gasteiger partial charge in [-0.05, 0) is 40.0 Å². The van der Waals surface area contributed by atoms with Crippen molar-refractivity contribution >= 4 is 6.09 Å². The molecule has 0 heterocycles. The summed E-state index contributed by atoms with van der Waals surface area (Å²) in [6.45, 7) is 11.1. The van der Waals surface area contributed by atoms with Crippen LogP contribution in [0.3, 0.4) is 0 Å². The summed E-state index contributed by atoms with van der Waals surface area (Å²) in [6.07, 6.45) is 0.0557. The number of nitrogens with zero attached hydrogens (tertiary/aromatic N) is 1. The van der Waals surface area contributed by atoms with Crippen molar-refractivity contribution in [2.45, 2.75) is 59.1 Å². The summed E-state index contributed by atoms with van der Waals surface area (Å²) in [5, 5.41) is 11.7. The number of nitrogens with one attached hydrogen (secondary N) is 1. The minimum absolute atomic E-state index is 0.333. The van der Waals surface area contributed by atoms with Crippen molar-refractivity contribution in [3.63, 3.8) is 0 Å². The van der Waals surface area contributed by atoms with Crippen LogP contribution < -0.4 is 5.32 Å². The SMILES string of the molecule is CC(C)C[C@@](C)(C#N)NC(=O)OC(C)(C)C. The first-order chi connectivity index (χ1) is 7.08. The summed E-state index contributed by atoms with van der Waals surface area (Å²) in [6, 6.07) is 2.11. The molecule has 4 heteroatoms. The van der Waals surface area contributed by atoms with E-state index >= 15 is 0 Å². The van der Waals surface area contributed by atoms with Crippen molar-refractivity contribution < 1.29 is 9.53 Å². The Morgan fingerprint density at radius 3 is 2.19 bits per heavy atom. The smallest absolute Gasteiger partial charge is 0.408 e. The van der Waals surface area contributed by atoms with E-state index in [4.69, 9.17) is 10.00 Å². The summed E-state index contributed by atoms with van der Waals surface area (Å²) < 4.78 is 5.12.